The average Bonchev–Trinajstić information content (AvgIpc) is 2.28. The number of aryl methyl sites for hydroxylation is 1. The van der Waals surface area contributed by atoms with Gasteiger partial charge in [0.05, 0.1) is 13.8 Å². The van der Waals surface area contributed by atoms with Crippen molar-refractivity contribution >= 4 is 13.3 Å². The Morgan fingerprint density at radius 2 is 1.76 bits per heavy atom. The van der Waals surface area contributed by atoms with Crippen LogP contribution in [0.2, 0.25) is 19.6 Å². The van der Waals surface area contributed by atoms with Crippen LogP contribution in [0.4, 0.5) is 0 Å². The van der Waals surface area contributed by atoms with Crippen LogP contribution in [0.5, 0.6) is 0 Å². The van der Waals surface area contributed by atoms with Gasteiger partial charge in [-0.25, -0.2) is 0 Å². The molecule has 2 heteroatoms. The Balaban J connectivity index is 2.47. The van der Waals surface area contributed by atoms with Gasteiger partial charge in [-0.1, -0.05) is 49.1 Å². The molecule has 0 amide bonds. The van der Waals surface area contributed by atoms with Crippen LogP contribution < -0.4 is 5.19 Å². The maximum atomic E-state index is 4.45. The molecular weight excluding hydrogens is 222 g/mol. The second-order valence-electron chi connectivity index (χ2n) is 5.55. The van der Waals surface area contributed by atoms with E-state index in [0.29, 0.717) is 0 Å². The summed E-state index contributed by atoms with van der Waals surface area (Å²) in [7, 11) is -1.24. The molecule has 0 aliphatic carbocycles. The largest absolute Gasteiger partial charge is 0.256 e. The molecule has 1 aromatic carbocycles. The number of nitrogens with zero attached hydrogens (tertiary/aromatic N) is 1. The molecule has 0 unspecified atom stereocenters. The summed E-state index contributed by atoms with van der Waals surface area (Å²) in [5.74, 6) is 0. The van der Waals surface area contributed by atoms with Crippen LogP contribution in [0.3, 0.4) is 0 Å². The maximum absolute atomic E-state index is 4.45. The second-order valence-corrected chi connectivity index (χ2v) is 10.6. The van der Waals surface area contributed by atoms with Crippen molar-refractivity contribution in [3.05, 3.63) is 48.2 Å². The Morgan fingerprint density at radius 1 is 1.00 bits per heavy atom. The first-order valence-electron chi connectivity index (χ1n) is 6.00. The third-order valence-electron chi connectivity index (χ3n) is 2.94. The summed E-state index contributed by atoms with van der Waals surface area (Å²) in [6.45, 7) is 9.22. The summed E-state index contributed by atoms with van der Waals surface area (Å²) < 4.78 is 0. The Morgan fingerprint density at radius 3 is 2.41 bits per heavy atom. The Bertz CT molecular complexity index is 526. The zero-order valence-electron chi connectivity index (χ0n) is 11.0. The fraction of sp³-hybridized carbons (Fsp3) is 0.267. The van der Waals surface area contributed by atoms with Crippen LogP contribution in [0.25, 0.3) is 11.3 Å². The maximum Gasteiger partial charge on any atom is 0.0776 e. The van der Waals surface area contributed by atoms with Gasteiger partial charge in [0.25, 0.3) is 0 Å². The summed E-state index contributed by atoms with van der Waals surface area (Å²) in [6, 6.07) is 13.0. The van der Waals surface area contributed by atoms with Crippen LogP contribution in [-0.2, 0) is 0 Å². The van der Waals surface area contributed by atoms with Gasteiger partial charge in [-0.15, -0.1) is 0 Å². The van der Waals surface area contributed by atoms with E-state index < -0.39 is 8.07 Å². The van der Waals surface area contributed by atoms with Crippen molar-refractivity contribution in [2.75, 3.05) is 0 Å². The third kappa shape index (κ3) is 2.83. The molecular formula is C15H19NSi. The van der Waals surface area contributed by atoms with Crippen LogP contribution >= 0.6 is 0 Å². The molecule has 0 bridgehead atoms. The zero-order valence-corrected chi connectivity index (χ0v) is 12.0. The molecule has 0 spiro atoms. The van der Waals surface area contributed by atoms with E-state index in [1.807, 2.05) is 12.3 Å². The molecule has 0 fully saturated rings. The quantitative estimate of drug-likeness (QED) is 0.732. The van der Waals surface area contributed by atoms with Crippen LogP contribution in [0.15, 0.2) is 42.6 Å². The van der Waals surface area contributed by atoms with E-state index >= 15 is 0 Å². The van der Waals surface area contributed by atoms with E-state index in [1.54, 1.807) is 0 Å². The Hall–Kier alpha value is -1.41. The van der Waals surface area contributed by atoms with E-state index in [2.05, 4.69) is 61.9 Å². The molecule has 0 radical (unpaired) electrons. The van der Waals surface area contributed by atoms with E-state index in [9.17, 15) is 0 Å². The molecule has 1 aromatic heterocycles. The highest BCUT2D eigenvalue weighted by atomic mass is 28.3. The van der Waals surface area contributed by atoms with Gasteiger partial charge < -0.3 is 0 Å². The predicted molar refractivity (Wildman–Crippen MR) is 77.4 cm³/mol. The summed E-state index contributed by atoms with van der Waals surface area (Å²) >= 11 is 0. The lowest BCUT2D eigenvalue weighted by atomic mass is 10.1. The number of hydrogen-bond acceptors (Lipinski definition) is 1. The Kier molecular flexibility index (Phi) is 3.16. The molecule has 1 heterocycles. The molecule has 0 aliphatic rings. The monoisotopic (exact) mass is 241 g/mol. The van der Waals surface area contributed by atoms with E-state index in [0.717, 1.165) is 5.69 Å². The lowest BCUT2D eigenvalue weighted by Crippen LogP contribution is -2.37. The van der Waals surface area contributed by atoms with Crippen LogP contribution in [0.1, 0.15) is 5.56 Å². The fourth-order valence-corrected chi connectivity index (χ4v) is 3.02. The standard InChI is InChI=1S/C15H19NSi/c1-12-8-9-16-15(10-12)13-6-5-7-14(11-13)17(2,3)4/h5-11H,1-4H3. The first-order valence-corrected chi connectivity index (χ1v) is 9.50. The smallest absolute Gasteiger partial charge is 0.0776 e. The summed E-state index contributed by atoms with van der Waals surface area (Å²) in [6.07, 6.45) is 1.88. The van der Waals surface area contributed by atoms with Gasteiger partial charge in [-0.3, -0.25) is 4.98 Å². The van der Waals surface area contributed by atoms with Crippen molar-refractivity contribution in [1.29, 1.82) is 0 Å². The van der Waals surface area contributed by atoms with Crippen LogP contribution in [-0.4, -0.2) is 13.1 Å². The second kappa shape index (κ2) is 4.45. The summed E-state index contributed by atoms with van der Waals surface area (Å²) in [5.41, 5.74) is 3.56. The highest BCUT2D eigenvalue weighted by Crippen LogP contribution is 2.17. The topological polar surface area (TPSA) is 12.9 Å². The first-order chi connectivity index (χ1) is 7.97. The van der Waals surface area contributed by atoms with Crippen molar-refractivity contribution in [3.63, 3.8) is 0 Å². The first kappa shape index (κ1) is 12.1. The number of hydrogen-bond donors (Lipinski definition) is 0. The molecule has 0 aliphatic heterocycles. The van der Waals surface area contributed by atoms with Crippen molar-refractivity contribution < 1.29 is 0 Å². The van der Waals surface area contributed by atoms with Crippen molar-refractivity contribution in [1.82, 2.24) is 4.98 Å². The SMILES string of the molecule is Cc1ccnc(-c2cccc([Si](C)(C)C)c2)c1. The molecule has 0 atom stereocenters. The van der Waals surface area contributed by atoms with Gasteiger partial charge in [0, 0.05) is 6.20 Å². The zero-order chi connectivity index (χ0) is 12.5. The molecule has 2 rings (SSSR count). The van der Waals surface area contributed by atoms with Gasteiger partial charge in [-0.2, -0.15) is 0 Å². The van der Waals surface area contributed by atoms with E-state index in [4.69, 9.17) is 0 Å². The summed E-state index contributed by atoms with van der Waals surface area (Å²) in [5, 5.41) is 1.48. The highest BCUT2D eigenvalue weighted by molar-refractivity contribution is 6.88. The highest BCUT2D eigenvalue weighted by Gasteiger charge is 2.16. The number of pyridine rings is 1. The third-order valence-corrected chi connectivity index (χ3v) is 4.98. The van der Waals surface area contributed by atoms with Crippen molar-refractivity contribution in [3.8, 4) is 11.3 Å². The Labute approximate surface area is 105 Å². The lowest BCUT2D eigenvalue weighted by Gasteiger charge is -2.17. The number of aromatic nitrogens is 1. The van der Waals surface area contributed by atoms with Gasteiger partial charge >= 0.3 is 0 Å². The minimum atomic E-state index is -1.24. The van der Waals surface area contributed by atoms with Gasteiger partial charge in [-0.05, 0) is 30.2 Å². The predicted octanol–water partition coefficient (Wildman–Crippen LogP) is 3.60. The number of benzene rings is 1. The van der Waals surface area contributed by atoms with Crippen molar-refractivity contribution in [2.24, 2.45) is 0 Å². The van der Waals surface area contributed by atoms with Gasteiger partial charge in [0.2, 0.25) is 0 Å². The van der Waals surface area contributed by atoms with Crippen LogP contribution in [0, 0.1) is 6.92 Å². The van der Waals surface area contributed by atoms with Crippen molar-refractivity contribution in [2.45, 2.75) is 26.6 Å². The average molecular weight is 241 g/mol. The molecule has 88 valence electrons. The van der Waals surface area contributed by atoms with Gasteiger partial charge in [0.1, 0.15) is 0 Å². The van der Waals surface area contributed by atoms with E-state index in [1.165, 1.54) is 16.3 Å². The molecule has 0 saturated carbocycles. The lowest BCUT2D eigenvalue weighted by molar-refractivity contribution is 1.29. The summed E-state index contributed by atoms with van der Waals surface area (Å²) in [4.78, 5) is 4.45. The minimum Gasteiger partial charge on any atom is -0.256 e. The molecule has 17 heavy (non-hydrogen) atoms. The molecule has 0 N–H and O–H groups in total. The molecule has 0 saturated heterocycles. The molecule has 1 nitrogen and oxygen atoms in total. The van der Waals surface area contributed by atoms with E-state index in [-0.39, 0.29) is 0 Å². The fourth-order valence-electron chi connectivity index (χ4n) is 1.84. The van der Waals surface area contributed by atoms with Gasteiger partial charge in [0.15, 0.2) is 0 Å². The number of rotatable bonds is 2. The molecule has 2 aromatic rings. The normalized spacial score (nSPS) is 11.5. The minimum absolute atomic E-state index is 1.07.